The average Bonchev–Trinajstić information content (AvgIpc) is 2.56. The number of halogens is 1. The Morgan fingerprint density at radius 1 is 1.12 bits per heavy atom. The Labute approximate surface area is 153 Å². The van der Waals surface area contributed by atoms with E-state index in [1.54, 1.807) is 37.3 Å². The van der Waals surface area contributed by atoms with Crippen LogP contribution in [0.15, 0.2) is 48.5 Å². The SMILES string of the molecule is CC(NC(=O)CS(=O)(=O)C(C)C)c1ccc(Oc2ccccc2)c(F)c1. The fourth-order valence-corrected chi connectivity index (χ4v) is 2.98. The molecule has 1 atom stereocenters. The lowest BCUT2D eigenvalue weighted by atomic mass is 10.1. The number of carbonyl (C=O) groups excluding carboxylic acids is 1. The minimum absolute atomic E-state index is 0.0702. The van der Waals surface area contributed by atoms with Gasteiger partial charge in [-0.25, -0.2) is 12.8 Å². The van der Waals surface area contributed by atoms with Crippen molar-refractivity contribution in [2.75, 3.05) is 5.75 Å². The lowest BCUT2D eigenvalue weighted by Crippen LogP contribution is -2.34. The zero-order valence-corrected chi connectivity index (χ0v) is 15.7. The van der Waals surface area contributed by atoms with Crippen LogP contribution >= 0.6 is 0 Å². The van der Waals surface area contributed by atoms with Crippen molar-refractivity contribution in [3.8, 4) is 11.5 Å². The molecule has 0 aliphatic rings. The molecular formula is C19H22FNO4S. The van der Waals surface area contributed by atoms with Crippen LogP contribution < -0.4 is 10.1 Å². The summed E-state index contributed by atoms with van der Waals surface area (Å²) in [4.78, 5) is 11.9. The second kappa shape index (κ2) is 8.31. The molecule has 2 aromatic rings. The first-order chi connectivity index (χ1) is 12.2. The fraction of sp³-hybridized carbons (Fsp3) is 0.316. The highest BCUT2D eigenvalue weighted by Gasteiger charge is 2.22. The third-order valence-corrected chi connectivity index (χ3v) is 5.96. The number of carbonyl (C=O) groups is 1. The number of sulfone groups is 1. The van der Waals surface area contributed by atoms with Crippen LogP contribution in [0.5, 0.6) is 11.5 Å². The first kappa shape index (κ1) is 19.9. The smallest absolute Gasteiger partial charge is 0.235 e. The molecule has 0 spiro atoms. The van der Waals surface area contributed by atoms with Gasteiger partial charge in [-0.2, -0.15) is 0 Å². The van der Waals surface area contributed by atoms with Gasteiger partial charge in [-0.1, -0.05) is 24.3 Å². The molecule has 7 heteroatoms. The highest BCUT2D eigenvalue weighted by Crippen LogP contribution is 2.26. The van der Waals surface area contributed by atoms with E-state index in [1.807, 2.05) is 6.07 Å². The summed E-state index contributed by atoms with van der Waals surface area (Å²) in [6, 6.07) is 12.7. The van der Waals surface area contributed by atoms with E-state index in [4.69, 9.17) is 4.74 Å². The Balaban J connectivity index is 2.05. The van der Waals surface area contributed by atoms with Crippen LogP contribution in [0.4, 0.5) is 4.39 Å². The summed E-state index contributed by atoms with van der Waals surface area (Å²) >= 11 is 0. The molecule has 26 heavy (non-hydrogen) atoms. The van der Waals surface area contributed by atoms with Crippen molar-refractivity contribution in [1.82, 2.24) is 5.32 Å². The van der Waals surface area contributed by atoms with E-state index in [1.165, 1.54) is 26.0 Å². The zero-order chi connectivity index (χ0) is 19.3. The van der Waals surface area contributed by atoms with Gasteiger partial charge in [0.05, 0.1) is 11.3 Å². The van der Waals surface area contributed by atoms with Crippen LogP contribution in [0.2, 0.25) is 0 Å². The normalized spacial score (nSPS) is 12.7. The number of ether oxygens (including phenoxy) is 1. The quantitative estimate of drug-likeness (QED) is 0.798. The molecule has 1 N–H and O–H groups in total. The molecule has 0 saturated heterocycles. The van der Waals surface area contributed by atoms with E-state index in [2.05, 4.69) is 5.32 Å². The van der Waals surface area contributed by atoms with Gasteiger partial charge in [0.15, 0.2) is 21.4 Å². The first-order valence-electron chi connectivity index (χ1n) is 8.22. The van der Waals surface area contributed by atoms with Gasteiger partial charge in [-0.05, 0) is 50.6 Å². The third kappa shape index (κ3) is 5.29. The highest BCUT2D eigenvalue weighted by molar-refractivity contribution is 7.92. The molecular weight excluding hydrogens is 357 g/mol. The molecule has 0 aliphatic heterocycles. The van der Waals surface area contributed by atoms with Gasteiger partial charge in [0.1, 0.15) is 11.5 Å². The summed E-state index contributed by atoms with van der Waals surface area (Å²) in [5, 5.41) is 1.95. The van der Waals surface area contributed by atoms with Crippen molar-refractivity contribution in [2.24, 2.45) is 0 Å². The molecule has 0 aliphatic carbocycles. The Bertz CT molecular complexity index is 866. The van der Waals surface area contributed by atoms with Crippen LogP contribution in [0.3, 0.4) is 0 Å². The average molecular weight is 379 g/mol. The van der Waals surface area contributed by atoms with Crippen LogP contribution in [0.25, 0.3) is 0 Å². The standard InChI is InChI=1S/C19H22FNO4S/c1-13(2)26(23,24)12-19(22)21-14(3)15-9-10-18(17(20)11-15)25-16-7-5-4-6-8-16/h4-11,13-14H,12H2,1-3H3,(H,21,22). The molecule has 2 rings (SSSR count). The minimum atomic E-state index is -3.48. The molecule has 5 nitrogen and oxygen atoms in total. The van der Waals surface area contributed by atoms with Crippen molar-refractivity contribution in [1.29, 1.82) is 0 Å². The molecule has 0 saturated carbocycles. The fourth-order valence-electron chi connectivity index (χ4n) is 2.20. The van der Waals surface area contributed by atoms with Gasteiger partial charge >= 0.3 is 0 Å². The molecule has 2 aromatic carbocycles. The van der Waals surface area contributed by atoms with Gasteiger partial charge in [0.2, 0.25) is 5.91 Å². The summed E-state index contributed by atoms with van der Waals surface area (Å²) < 4.78 is 43.3. The largest absolute Gasteiger partial charge is 0.454 e. The monoisotopic (exact) mass is 379 g/mol. The lowest BCUT2D eigenvalue weighted by molar-refractivity contribution is -0.119. The summed E-state index contributed by atoms with van der Waals surface area (Å²) in [6.07, 6.45) is 0. The van der Waals surface area contributed by atoms with Gasteiger partial charge in [-0.15, -0.1) is 0 Å². The van der Waals surface area contributed by atoms with Crippen molar-refractivity contribution < 1.29 is 22.3 Å². The summed E-state index contributed by atoms with van der Waals surface area (Å²) in [7, 11) is -3.48. The Morgan fingerprint density at radius 2 is 1.77 bits per heavy atom. The maximum atomic E-state index is 14.3. The van der Waals surface area contributed by atoms with E-state index in [0.717, 1.165) is 0 Å². The molecule has 0 heterocycles. The third-order valence-electron chi connectivity index (χ3n) is 3.85. The molecule has 0 fully saturated rings. The summed E-state index contributed by atoms with van der Waals surface area (Å²) in [6.45, 7) is 4.70. The van der Waals surface area contributed by atoms with Crippen LogP contribution in [0.1, 0.15) is 32.4 Å². The van der Waals surface area contributed by atoms with Crippen molar-refractivity contribution in [3.63, 3.8) is 0 Å². The van der Waals surface area contributed by atoms with Crippen LogP contribution in [-0.4, -0.2) is 25.3 Å². The number of hydrogen-bond acceptors (Lipinski definition) is 4. The van der Waals surface area contributed by atoms with Crippen molar-refractivity contribution in [2.45, 2.75) is 32.1 Å². The van der Waals surface area contributed by atoms with E-state index in [0.29, 0.717) is 11.3 Å². The minimum Gasteiger partial charge on any atom is -0.454 e. The second-order valence-corrected chi connectivity index (χ2v) is 8.81. The summed E-state index contributed by atoms with van der Waals surface area (Å²) in [5.74, 6) is -1.19. The second-order valence-electron chi connectivity index (χ2n) is 6.25. The number of nitrogens with one attached hydrogen (secondary N) is 1. The summed E-state index contributed by atoms with van der Waals surface area (Å²) in [5.41, 5.74) is 0.512. The van der Waals surface area contributed by atoms with Gasteiger partial charge in [0.25, 0.3) is 0 Å². The van der Waals surface area contributed by atoms with E-state index < -0.39 is 38.6 Å². The maximum absolute atomic E-state index is 14.3. The van der Waals surface area contributed by atoms with Crippen molar-refractivity contribution >= 4 is 15.7 Å². The predicted molar refractivity (Wildman–Crippen MR) is 98.4 cm³/mol. The first-order valence-corrected chi connectivity index (χ1v) is 9.94. The number of hydrogen-bond donors (Lipinski definition) is 1. The van der Waals surface area contributed by atoms with Gasteiger partial charge in [0, 0.05) is 0 Å². The van der Waals surface area contributed by atoms with Gasteiger partial charge < -0.3 is 10.1 Å². The predicted octanol–water partition coefficient (Wildman–Crippen LogP) is 3.62. The molecule has 1 amide bonds. The van der Waals surface area contributed by atoms with E-state index in [-0.39, 0.29) is 5.75 Å². The topological polar surface area (TPSA) is 72.5 Å². The molecule has 0 aromatic heterocycles. The number of benzene rings is 2. The number of rotatable bonds is 7. The molecule has 0 bridgehead atoms. The van der Waals surface area contributed by atoms with Crippen LogP contribution in [-0.2, 0) is 14.6 Å². The van der Waals surface area contributed by atoms with E-state index in [9.17, 15) is 17.6 Å². The number of amides is 1. The van der Waals surface area contributed by atoms with Gasteiger partial charge in [-0.3, -0.25) is 4.79 Å². The van der Waals surface area contributed by atoms with E-state index >= 15 is 0 Å². The lowest BCUT2D eigenvalue weighted by Gasteiger charge is -2.16. The molecule has 1 unspecified atom stereocenters. The van der Waals surface area contributed by atoms with Crippen molar-refractivity contribution in [3.05, 3.63) is 59.9 Å². The number of para-hydroxylation sites is 1. The Morgan fingerprint density at radius 3 is 2.35 bits per heavy atom. The maximum Gasteiger partial charge on any atom is 0.235 e. The zero-order valence-electron chi connectivity index (χ0n) is 14.9. The molecule has 140 valence electrons. The Kier molecular flexibility index (Phi) is 6.37. The highest BCUT2D eigenvalue weighted by atomic mass is 32.2. The Hall–Kier alpha value is -2.41. The van der Waals surface area contributed by atoms with Crippen LogP contribution in [0, 0.1) is 5.82 Å². The molecule has 0 radical (unpaired) electrons.